The van der Waals surface area contributed by atoms with E-state index in [1.54, 1.807) is 6.07 Å². The van der Waals surface area contributed by atoms with Gasteiger partial charge in [0.25, 0.3) is 5.69 Å². The lowest BCUT2D eigenvalue weighted by Gasteiger charge is -2.14. The maximum atomic E-state index is 10.7. The highest BCUT2D eigenvalue weighted by atomic mass is 35.5. The molecule has 0 radical (unpaired) electrons. The van der Waals surface area contributed by atoms with Gasteiger partial charge in [-0.05, 0) is 36.5 Å². The molecule has 1 aromatic carbocycles. The van der Waals surface area contributed by atoms with Crippen LogP contribution in [0.15, 0.2) is 18.2 Å². The predicted octanol–water partition coefficient (Wildman–Crippen LogP) is 3.87. The van der Waals surface area contributed by atoms with Crippen LogP contribution in [0, 0.1) is 10.1 Å². The Morgan fingerprint density at radius 1 is 1.53 bits per heavy atom. The molecule has 1 unspecified atom stereocenters. The molecule has 0 aliphatic heterocycles. The first kappa shape index (κ1) is 16.3. The molecule has 4 nitrogen and oxygen atoms in total. The Kier molecular flexibility index (Phi) is 7.20. The van der Waals surface area contributed by atoms with Crippen molar-refractivity contribution in [2.45, 2.75) is 32.9 Å². The highest BCUT2D eigenvalue weighted by Gasteiger charge is 2.10. The highest BCUT2D eigenvalue weighted by Crippen LogP contribution is 2.22. The number of nitrogens with zero attached hydrogens (tertiary/aromatic N) is 1. The van der Waals surface area contributed by atoms with Crippen LogP contribution in [0.2, 0.25) is 5.02 Å². The van der Waals surface area contributed by atoms with Crippen LogP contribution in [0.25, 0.3) is 0 Å². The average Bonchev–Trinajstić information content (AvgIpc) is 2.37. The summed E-state index contributed by atoms with van der Waals surface area (Å²) in [5, 5.41) is 14.6. The lowest BCUT2D eigenvalue weighted by Crippen LogP contribution is -2.26. The standard InChI is InChI=1S/C13H19ClN2O2S/c1-3-19-7-6-10(2)15-9-11-8-12(16(17)18)4-5-13(11)14/h4-5,8,10,15H,3,6-7,9H2,1-2H3. The van der Waals surface area contributed by atoms with Crippen molar-refractivity contribution in [2.75, 3.05) is 11.5 Å². The lowest BCUT2D eigenvalue weighted by molar-refractivity contribution is -0.384. The molecule has 0 bridgehead atoms. The normalized spacial score (nSPS) is 12.4. The number of hydrogen-bond donors (Lipinski definition) is 1. The largest absolute Gasteiger partial charge is 0.310 e. The molecule has 6 heteroatoms. The minimum Gasteiger partial charge on any atom is -0.310 e. The van der Waals surface area contributed by atoms with E-state index in [0.717, 1.165) is 23.5 Å². The van der Waals surface area contributed by atoms with E-state index in [9.17, 15) is 10.1 Å². The van der Waals surface area contributed by atoms with Crippen molar-refractivity contribution >= 4 is 29.1 Å². The van der Waals surface area contributed by atoms with Crippen LogP contribution >= 0.6 is 23.4 Å². The minimum atomic E-state index is -0.402. The number of non-ortho nitro benzene ring substituents is 1. The molecular formula is C13H19ClN2O2S. The fourth-order valence-corrected chi connectivity index (χ4v) is 2.59. The molecule has 0 aliphatic carbocycles. The van der Waals surface area contributed by atoms with Crippen molar-refractivity contribution in [3.63, 3.8) is 0 Å². The number of nitrogens with one attached hydrogen (secondary N) is 1. The van der Waals surface area contributed by atoms with Crippen LogP contribution in [0.5, 0.6) is 0 Å². The van der Waals surface area contributed by atoms with Crippen molar-refractivity contribution in [2.24, 2.45) is 0 Å². The van der Waals surface area contributed by atoms with Crippen molar-refractivity contribution in [3.05, 3.63) is 38.9 Å². The summed E-state index contributed by atoms with van der Waals surface area (Å²) in [6.07, 6.45) is 1.07. The second-order valence-electron chi connectivity index (χ2n) is 4.30. The molecule has 1 rings (SSSR count). The molecule has 0 saturated heterocycles. The number of rotatable bonds is 8. The van der Waals surface area contributed by atoms with E-state index >= 15 is 0 Å². The van der Waals surface area contributed by atoms with Gasteiger partial charge in [-0.2, -0.15) is 11.8 Å². The number of nitro benzene ring substituents is 1. The molecule has 1 atom stereocenters. The van der Waals surface area contributed by atoms with Gasteiger partial charge in [-0.3, -0.25) is 10.1 Å². The molecule has 0 heterocycles. The molecule has 0 amide bonds. The Bertz CT molecular complexity index is 429. The maximum Gasteiger partial charge on any atom is 0.269 e. The lowest BCUT2D eigenvalue weighted by atomic mass is 10.2. The van der Waals surface area contributed by atoms with Crippen LogP contribution in [0.1, 0.15) is 25.8 Å². The minimum absolute atomic E-state index is 0.0791. The second-order valence-corrected chi connectivity index (χ2v) is 6.10. The number of hydrogen-bond acceptors (Lipinski definition) is 4. The summed E-state index contributed by atoms with van der Waals surface area (Å²) >= 11 is 7.96. The number of benzene rings is 1. The summed E-state index contributed by atoms with van der Waals surface area (Å²) in [6, 6.07) is 4.90. The third-order valence-electron chi connectivity index (χ3n) is 2.78. The molecular weight excluding hydrogens is 284 g/mol. The van der Waals surface area contributed by atoms with Crippen LogP contribution in [-0.4, -0.2) is 22.5 Å². The van der Waals surface area contributed by atoms with Gasteiger partial charge in [-0.25, -0.2) is 0 Å². The van der Waals surface area contributed by atoms with Gasteiger partial charge in [0.2, 0.25) is 0 Å². The smallest absolute Gasteiger partial charge is 0.269 e. The molecule has 1 aromatic rings. The summed E-state index contributed by atoms with van der Waals surface area (Å²) in [6.45, 7) is 4.81. The first-order valence-corrected chi connectivity index (χ1v) is 7.81. The zero-order chi connectivity index (χ0) is 14.3. The molecule has 0 aliphatic rings. The Labute approximate surface area is 123 Å². The van der Waals surface area contributed by atoms with Crippen molar-refractivity contribution in [1.82, 2.24) is 5.32 Å². The average molecular weight is 303 g/mol. The van der Waals surface area contributed by atoms with E-state index in [4.69, 9.17) is 11.6 Å². The van der Waals surface area contributed by atoms with E-state index in [0.29, 0.717) is 17.6 Å². The Morgan fingerprint density at radius 3 is 2.89 bits per heavy atom. The molecule has 0 spiro atoms. The molecule has 0 saturated carbocycles. The third kappa shape index (κ3) is 5.80. The predicted molar refractivity (Wildman–Crippen MR) is 82.0 cm³/mol. The van der Waals surface area contributed by atoms with E-state index in [-0.39, 0.29) is 5.69 Å². The van der Waals surface area contributed by atoms with Crippen LogP contribution < -0.4 is 5.32 Å². The van der Waals surface area contributed by atoms with Gasteiger partial charge in [0.05, 0.1) is 4.92 Å². The molecule has 19 heavy (non-hydrogen) atoms. The summed E-state index contributed by atoms with van der Waals surface area (Å²) in [5.74, 6) is 2.25. The van der Waals surface area contributed by atoms with Gasteiger partial charge in [0.1, 0.15) is 0 Å². The fraction of sp³-hybridized carbons (Fsp3) is 0.538. The Morgan fingerprint density at radius 2 is 2.26 bits per heavy atom. The van der Waals surface area contributed by atoms with E-state index in [1.807, 2.05) is 11.8 Å². The van der Waals surface area contributed by atoms with Gasteiger partial charge in [0, 0.05) is 29.7 Å². The van der Waals surface area contributed by atoms with Crippen LogP contribution in [0.3, 0.4) is 0 Å². The first-order chi connectivity index (χ1) is 9.04. The summed E-state index contributed by atoms with van der Waals surface area (Å²) in [5.41, 5.74) is 0.848. The van der Waals surface area contributed by atoms with Gasteiger partial charge in [-0.15, -0.1) is 0 Å². The highest BCUT2D eigenvalue weighted by molar-refractivity contribution is 7.99. The van der Waals surface area contributed by atoms with Crippen LogP contribution in [0.4, 0.5) is 5.69 Å². The zero-order valence-electron chi connectivity index (χ0n) is 11.2. The quantitative estimate of drug-likeness (QED) is 0.450. The maximum absolute atomic E-state index is 10.7. The number of halogens is 1. The Balaban J connectivity index is 2.52. The monoisotopic (exact) mass is 302 g/mol. The first-order valence-electron chi connectivity index (χ1n) is 6.28. The molecule has 1 N–H and O–H groups in total. The molecule has 0 aromatic heterocycles. The van der Waals surface area contributed by atoms with Crippen molar-refractivity contribution in [3.8, 4) is 0 Å². The van der Waals surface area contributed by atoms with Gasteiger partial charge < -0.3 is 5.32 Å². The molecule has 106 valence electrons. The van der Waals surface area contributed by atoms with E-state index in [2.05, 4.69) is 19.2 Å². The SMILES string of the molecule is CCSCCC(C)NCc1cc([N+](=O)[O-])ccc1Cl. The molecule has 0 fully saturated rings. The second kappa shape index (κ2) is 8.40. The van der Waals surface area contributed by atoms with Crippen LogP contribution in [-0.2, 0) is 6.54 Å². The zero-order valence-corrected chi connectivity index (χ0v) is 12.8. The number of nitro groups is 1. The summed E-state index contributed by atoms with van der Waals surface area (Å²) in [7, 11) is 0. The summed E-state index contributed by atoms with van der Waals surface area (Å²) < 4.78 is 0. The van der Waals surface area contributed by atoms with Gasteiger partial charge >= 0.3 is 0 Å². The van der Waals surface area contributed by atoms with E-state index < -0.39 is 4.92 Å². The van der Waals surface area contributed by atoms with Gasteiger partial charge in [0.15, 0.2) is 0 Å². The third-order valence-corrected chi connectivity index (χ3v) is 4.08. The number of thioether (sulfide) groups is 1. The van der Waals surface area contributed by atoms with Crippen molar-refractivity contribution in [1.29, 1.82) is 0 Å². The summed E-state index contributed by atoms with van der Waals surface area (Å²) in [4.78, 5) is 10.3. The topological polar surface area (TPSA) is 55.2 Å². The Hall–Kier alpha value is -0.780. The van der Waals surface area contributed by atoms with Gasteiger partial charge in [-0.1, -0.05) is 18.5 Å². The fourth-order valence-electron chi connectivity index (χ4n) is 1.60. The van der Waals surface area contributed by atoms with Crippen molar-refractivity contribution < 1.29 is 4.92 Å². The van der Waals surface area contributed by atoms with E-state index in [1.165, 1.54) is 12.1 Å².